The molecule has 2 aromatic rings. The molecular formula is C15H20N4OS. The van der Waals surface area contributed by atoms with E-state index in [1.54, 1.807) is 7.11 Å². The molecule has 1 aromatic carbocycles. The highest BCUT2D eigenvalue weighted by Gasteiger charge is 2.09. The smallest absolute Gasteiger partial charge is 0.129 e. The lowest BCUT2D eigenvalue weighted by molar-refractivity contribution is 0.318. The van der Waals surface area contributed by atoms with Gasteiger partial charge < -0.3 is 10.5 Å². The Hall–Kier alpha value is -1.92. The van der Waals surface area contributed by atoms with Crippen molar-refractivity contribution in [3.63, 3.8) is 0 Å². The molecule has 0 saturated carbocycles. The second kappa shape index (κ2) is 6.69. The number of thiocarbonyl (C=S) groups is 1. The Labute approximate surface area is 130 Å². The van der Waals surface area contributed by atoms with Crippen LogP contribution in [0.5, 0.6) is 5.75 Å². The van der Waals surface area contributed by atoms with Gasteiger partial charge in [-0.2, -0.15) is 5.10 Å². The Morgan fingerprint density at radius 2 is 2.10 bits per heavy atom. The van der Waals surface area contributed by atoms with E-state index in [2.05, 4.69) is 17.0 Å². The van der Waals surface area contributed by atoms with Crippen LogP contribution >= 0.6 is 12.2 Å². The minimum Gasteiger partial charge on any atom is -0.496 e. The molecule has 112 valence electrons. The van der Waals surface area contributed by atoms with Gasteiger partial charge in [0.1, 0.15) is 10.7 Å². The minimum atomic E-state index is 0.349. The van der Waals surface area contributed by atoms with E-state index >= 15 is 0 Å². The van der Waals surface area contributed by atoms with Gasteiger partial charge in [0.25, 0.3) is 0 Å². The number of ether oxygens (including phenoxy) is 1. The Balaban J connectivity index is 2.06. The molecule has 2 N–H and O–H groups in total. The van der Waals surface area contributed by atoms with Crippen molar-refractivity contribution in [2.45, 2.75) is 13.1 Å². The molecule has 0 unspecified atom stereocenters. The zero-order chi connectivity index (χ0) is 15.4. The summed E-state index contributed by atoms with van der Waals surface area (Å²) in [6, 6.07) is 5.92. The van der Waals surface area contributed by atoms with Gasteiger partial charge in [-0.3, -0.25) is 9.58 Å². The van der Waals surface area contributed by atoms with E-state index in [-0.39, 0.29) is 0 Å². The second-order valence-electron chi connectivity index (χ2n) is 5.09. The van der Waals surface area contributed by atoms with Crippen LogP contribution in [0.4, 0.5) is 0 Å². The molecule has 5 nitrogen and oxygen atoms in total. The summed E-state index contributed by atoms with van der Waals surface area (Å²) in [6.45, 7) is 1.65. The monoisotopic (exact) mass is 304 g/mol. The van der Waals surface area contributed by atoms with E-state index < -0.39 is 0 Å². The third kappa shape index (κ3) is 4.03. The fourth-order valence-electron chi connectivity index (χ4n) is 2.27. The highest BCUT2D eigenvalue weighted by molar-refractivity contribution is 7.80. The number of hydrogen-bond donors (Lipinski definition) is 1. The zero-order valence-electron chi connectivity index (χ0n) is 12.5. The van der Waals surface area contributed by atoms with Crippen molar-refractivity contribution in [3.8, 4) is 5.75 Å². The average Bonchev–Trinajstić information content (AvgIpc) is 2.83. The number of rotatable bonds is 6. The van der Waals surface area contributed by atoms with Crippen LogP contribution in [0.1, 0.15) is 16.7 Å². The van der Waals surface area contributed by atoms with Gasteiger partial charge in [-0.1, -0.05) is 18.3 Å². The first-order chi connectivity index (χ1) is 9.99. The Kier molecular flexibility index (Phi) is 4.93. The number of nitrogens with two attached hydrogens (primary N) is 1. The molecule has 0 amide bonds. The molecule has 0 saturated heterocycles. The van der Waals surface area contributed by atoms with Gasteiger partial charge in [-0.25, -0.2) is 0 Å². The van der Waals surface area contributed by atoms with E-state index in [1.165, 1.54) is 5.56 Å². The average molecular weight is 304 g/mol. The van der Waals surface area contributed by atoms with Crippen LogP contribution < -0.4 is 10.5 Å². The molecule has 6 heteroatoms. The van der Waals surface area contributed by atoms with Gasteiger partial charge in [0.05, 0.1) is 18.9 Å². The molecule has 21 heavy (non-hydrogen) atoms. The van der Waals surface area contributed by atoms with Crippen LogP contribution in [0.15, 0.2) is 30.6 Å². The number of aryl methyl sites for hydroxylation is 1. The maximum atomic E-state index is 5.68. The SMILES string of the molecule is COc1cc(CN(C)Cc2cnn(C)c2)ccc1C(N)=S. The Morgan fingerprint density at radius 1 is 1.38 bits per heavy atom. The first-order valence-corrected chi connectivity index (χ1v) is 7.03. The lowest BCUT2D eigenvalue weighted by atomic mass is 10.1. The molecule has 0 fully saturated rings. The summed E-state index contributed by atoms with van der Waals surface area (Å²) in [5.41, 5.74) is 8.79. The summed E-state index contributed by atoms with van der Waals surface area (Å²) in [4.78, 5) is 2.56. The number of aromatic nitrogens is 2. The van der Waals surface area contributed by atoms with Crippen LogP contribution in [0.3, 0.4) is 0 Å². The molecule has 1 heterocycles. The number of benzene rings is 1. The maximum Gasteiger partial charge on any atom is 0.129 e. The minimum absolute atomic E-state index is 0.349. The van der Waals surface area contributed by atoms with Gasteiger partial charge in [0.2, 0.25) is 0 Å². The molecule has 0 aliphatic carbocycles. The van der Waals surface area contributed by atoms with Gasteiger partial charge in [0.15, 0.2) is 0 Å². The van der Waals surface area contributed by atoms with Crippen molar-refractivity contribution in [1.82, 2.24) is 14.7 Å². The third-order valence-corrected chi connectivity index (χ3v) is 3.41. The van der Waals surface area contributed by atoms with Crippen molar-refractivity contribution >= 4 is 17.2 Å². The van der Waals surface area contributed by atoms with E-state index in [9.17, 15) is 0 Å². The van der Waals surface area contributed by atoms with Crippen molar-refractivity contribution in [2.75, 3.05) is 14.2 Å². The second-order valence-corrected chi connectivity index (χ2v) is 5.53. The van der Waals surface area contributed by atoms with Gasteiger partial charge >= 0.3 is 0 Å². The zero-order valence-corrected chi connectivity index (χ0v) is 13.4. The Bertz CT molecular complexity index is 638. The maximum absolute atomic E-state index is 5.68. The predicted molar refractivity (Wildman–Crippen MR) is 87.3 cm³/mol. The summed E-state index contributed by atoms with van der Waals surface area (Å²) in [5, 5.41) is 4.18. The normalized spacial score (nSPS) is 10.9. The highest BCUT2D eigenvalue weighted by atomic mass is 32.1. The van der Waals surface area contributed by atoms with Crippen molar-refractivity contribution < 1.29 is 4.74 Å². The standard InChI is InChI=1S/C15H20N4OS/c1-18(9-12-7-17-19(2)10-12)8-11-4-5-13(15(16)21)14(6-11)20-3/h4-7,10H,8-9H2,1-3H3,(H2,16,21). The van der Waals surface area contributed by atoms with E-state index in [0.717, 1.165) is 30.0 Å². The lowest BCUT2D eigenvalue weighted by Gasteiger charge is -2.17. The summed E-state index contributed by atoms with van der Waals surface area (Å²) in [5.74, 6) is 0.717. The number of hydrogen-bond acceptors (Lipinski definition) is 4. The van der Waals surface area contributed by atoms with E-state index in [0.29, 0.717) is 4.99 Å². The largest absolute Gasteiger partial charge is 0.496 e. The molecule has 0 radical (unpaired) electrons. The fraction of sp³-hybridized carbons (Fsp3) is 0.333. The van der Waals surface area contributed by atoms with Crippen LogP contribution in [-0.2, 0) is 20.1 Å². The first kappa shape index (κ1) is 15.5. The van der Waals surface area contributed by atoms with Crippen LogP contribution in [-0.4, -0.2) is 33.8 Å². The Morgan fingerprint density at radius 3 is 2.67 bits per heavy atom. The molecular weight excluding hydrogens is 284 g/mol. The first-order valence-electron chi connectivity index (χ1n) is 6.62. The summed E-state index contributed by atoms with van der Waals surface area (Å²) < 4.78 is 7.16. The van der Waals surface area contributed by atoms with Crippen LogP contribution in [0.25, 0.3) is 0 Å². The highest BCUT2D eigenvalue weighted by Crippen LogP contribution is 2.21. The summed E-state index contributed by atoms with van der Waals surface area (Å²) in [7, 11) is 5.62. The van der Waals surface area contributed by atoms with Crippen LogP contribution in [0, 0.1) is 0 Å². The number of methoxy groups -OCH3 is 1. The molecule has 0 spiro atoms. The third-order valence-electron chi connectivity index (χ3n) is 3.19. The fourth-order valence-corrected chi connectivity index (χ4v) is 2.44. The van der Waals surface area contributed by atoms with Crippen molar-refractivity contribution in [2.24, 2.45) is 12.8 Å². The molecule has 1 aromatic heterocycles. The molecule has 2 rings (SSSR count). The predicted octanol–water partition coefficient (Wildman–Crippen LogP) is 1.69. The van der Waals surface area contributed by atoms with E-state index in [1.807, 2.05) is 42.3 Å². The van der Waals surface area contributed by atoms with Crippen molar-refractivity contribution in [1.29, 1.82) is 0 Å². The lowest BCUT2D eigenvalue weighted by Crippen LogP contribution is -2.17. The van der Waals surface area contributed by atoms with E-state index in [4.69, 9.17) is 22.7 Å². The van der Waals surface area contributed by atoms with Gasteiger partial charge in [0, 0.05) is 31.9 Å². The molecule has 0 aliphatic heterocycles. The quantitative estimate of drug-likeness (QED) is 0.823. The van der Waals surface area contributed by atoms with Crippen molar-refractivity contribution in [3.05, 3.63) is 47.3 Å². The molecule has 0 atom stereocenters. The van der Waals surface area contributed by atoms with Gasteiger partial charge in [-0.15, -0.1) is 0 Å². The topological polar surface area (TPSA) is 56.3 Å². The summed E-state index contributed by atoms with van der Waals surface area (Å²) in [6.07, 6.45) is 3.90. The van der Waals surface area contributed by atoms with Gasteiger partial charge in [-0.05, 0) is 24.7 Å². The molecule has 0 bridgehead atoms. The van der Waals surface area contributed by atoms with Crippen LogP contribution in [0.2, 0.25) is 0 Å². The summed E-state index contributed by atoms with van der Waals surface area (Å²) >= 11 is 5.01. The molecule has 0 aliphatic rings. The number of nitrogens with zero attached hydrogens (tertiary/aromatic N) is 3.